The molecule has 0 saturated heterocycles. The Labute approximate surface area is 138 Å². The normalized spacial score (nSPS) is 10.8. The van der Waals surface area contributed by atoms with Gasteiger partial charge in [0.2, 0.25) is 0 Å². The van der Waals surface area contributed by atoms with E-state index in [2.05, 4.69) is 31.0 Å². The van der Waals surface area contributed by atoms with Gasteiger partial charge in [-0.1, -0.05) is 12.1 Å². The molecule has 6 heteroatoms. The highest BCUT2D eigenvalue weighted by Gasteiger charge is 2.07. The number of fused-ring (bicyclic) bond motifs is 1. The zero-order valence-electron chi connectivity index (χ0n) is 12.8. The van der Waals surface area contributed by atoms with E-state index in [1.165, 1.54) is 0 Å². The van der Waals surface area contributed by atoms with Crippen molar-refractivity contribution in [3.05, 3.63) is 77.4 Å². The topological polar surface area (TPSA) is 94.0 Å². The van der Waals surface area contributed by atoms with Gasteiger partial charge in [0, 0.05) is 30.9 Å². The number of nitriles is 1. The van der Waals surface area contributed by atoms with Gasteiger partial charge in [-0.25, -0.2) is 9.97 Å². The molecule has 4 rings (SSSR count). The molecule has 0 fully saturated rings. The van der Waals surface area contributed by atoms with Gasteiger partial charge in [0.25, 0.3) is 0 Å². The van der Waals surface area contributed by atoms with Crippen molar-refractivity contribution in [2.24, 2.45) is 0 Å². The number of rotatable bonds is 4. The summed E-state index contributed by atoms with van der Waals surface area (Å²) in [6, 6.07) is 11.6. The Kier molecular flexibility index (Phi) is 3.52. The number of hydrogen-bond donors (Lipinski definition) is 2. The maximum atomic E-state index is 8.83. The van der Waals surface area contributed by atoms with Crippen molar-refractivity contribution in [1.82, 2.24) is 24.9 Å². The van der Waals surface area contributed by atoms with Crippen molar-refractivity contribution >= 4 is 11.0 Å². The van der Waals surface area contributed by atoms with Crippen LogP contribution in [-0.4, -0.2) is 24.9 Å². The number of aromatic nitrogens is 5. The molecule has 116 valence electrons. The van der Waals surface area contributed by atoms with Crippen LogP contribution in [0.4, 0.5) is 0 Å². The second-order valence-electron chi connectivity index (χ2n) is 5.59. The third-order valence-corrected chi connectivity index (χ3v) is 3.83. The number of hydrogen-bond acceptors (Lipinski definition) is 4. The van der Waals surface area contributed by atoms with E-state index in [1.54, 1.807) is 12.4 Å². The summed E-state index contributed by atoms with van der Waals surface area (Å²) >= 11 is 0. The first-order valence-electron chi connectivity index (χ1n) is 7.60. The van der Waals surface area contributed by atoms with Gasteiger partial charge in [-0.15, -0.1) is 0 Å². The smallest absolute Gasteiger partial charge is 0.113 e. The molecular formula is C18H14N6. The Morgan fingerprint density at radius 2 is 1.83 bits per heavy atom. The van der Waals surface area contributed by atoms with E-state index < -0.39 is 0 Å². The molecule has 1 aromatic carbocycles. The van der Waals surface area contributed by atoms with Crippen molar-refractivity contribution in [1.29, 1.82) is 5.26 Å². The standard InChI is InChI=1S/C18H14N6/c19-9-13-3-1-12(2-4-13)7-17-21-10-14(22-17)8-18-23-15-5-6-20-11-16(15)24-18/h1-6,10-11H,7-8H2,(H,21,22)(H,23,24). The third kappa shape index (κ3) is 2.88. The van der Waals surface area contributed by atoms with Gasteiger partial charge in [0.05, 0.1) is 28.9 Å². The molecule has 0 unspecified atom stereocenters. The van der Waals surface area contributed by atoms with Gasteiger partial charge in [-0.2, -0.15) is 5.26 Å². The fourth-order valence-corrected chi connectivity index (χ4v) is 2.65. The molecule has 2 N–H and O–H groups in total. The second-order valence-corrected chi connectivity index (χ2v) is 5.59. The highest BCUT2D eigenvalue weighted by atomic mass is 15.0. The monoisotopic (exact) mass is 314 g/mol. The van der Waals surface area contributed by atoms with Crippen LogP contribution in [-0.2, 0) is 12.8 Å². The summed E-state index contributed by atoms with van der Waals surface area (Å²) in [4.78, 5) is 19.7. The Morgan fingerprint density at radius 1 is 0.958 bits per heavy atom. The molecule has 0 aliphatic heterocycles. The molecule has 0 amide bonds. The second kappa shape index (κ2) is 5.97. The maximum Gasteiger partial charge on any atom is 0.113 e. The maximum absolute atomic E-state index is 8.83. The van der Waals surface area contributed by atoms with Crippen LogP contribution in [0.5, 0.6) is 0 Å². The molecule has 3 aromatic heterocycles. The fourth-order valence-electron chi connectivity index (χ4n) is 2.65. The minimum atomic E-state index is 0.662. The summed E-state index contributed by atoms with van der Waals surface area (Å²) in [5.74, 6) is 1.78. The minimum Gasteiger partial charge on any atom is -0.345 e. The van der Waals surface area contributed by atoms with Crippen molar-refractivity contribution in [3.63, 3.8) is 0 Å². The van der Waals surface area contributed by atoms with Crippen LogP contribution in [0, 0.1) is 11.3 Å². The van der Waals surface area contributed by atoms with E-state index in [4.69, 9.17) is 5.26 Å². The van der Waals surface area contributed by atoms with E-state index in [9.17, 15) is 0 Å². The summed E-state index contributed by atoms with van der Waals surface area (Å²) in [6.07, 6.45) is 6.71. The minimum absolute atomic E-state index is 0.662. The Morgan fingerprint density at radius 3 is 2.62 bits per heavy atom. The van der Waals surface area contributed by atoms with Gasteiger partial charge in [0.15, 0.2) is 0 Å². The number of pyridine rings is 1. The quantitative estimate of drug-likeness (QED) is 0.605. The molecule has 0 bridgehead atoms. The first-order chi connectivity index (χ1) is 11.8. The van der Waals surface area contributed by atoms with Crippen LogP contribution in [0.3, 0.4) is 0 Å². The lowest BCUT2D eigenvalue weighted by Crippen LogP contribution is -1.93. The molecule has 6 nitrogen and oxygen atoms in total. The molecule has 0 spiro atoms. The number of nitrogens with zero attached hydrogens (tertiary/aromatic N) is 4. The van der Waals surface area contributed by atoms with E-state index in [0.717, 1.165) is 33.9 Å². The first-order valence-corrected chi connectivity index (χ1v) is 7.60. The summed E-state index contributed by atoms with van der Waals surface area (Å²) in [6.45, 7) is 0. The molecule has 0 saturated carbocycles. The van der Waals surface area contributed by atoms with E-state index in [-0.39, 0.29) is 0 Å². The van der Waals surface area contributed by atoms with E-state index >= 15 is 0 Å². The SMILES string of the molecule is N#Cc1ccc(Cc2ncc(Cc3nc4ccncc4[nH]3)[nH]2)cc1. The summed E-state index contributed by atoms with van der Waals surface area (Å²) in [5, 5.41) is 8.83. The van der Waals surface area contributed by atoms with Crippen LogP contribution >= 0.6 is 0 Å². The van der Waals surface area contributed by atoms with Crippen LogP contribution in [0.15, 0.2) is 48.9 Å². The summed E-state index contributed by atoms with van der Waals surface area (Å²) < 4.78 is 0. The molecule has 0 radical (unpaired) electrons. The van der Waals surface area contributed by atoms with Crippen molar-refractivity contribution in [2.45, 2.75) is 12.8 Å². The molecule has 24 heavy (non-hydrogen) atoms. The fraction of sp³-hybridized carbons (Fsp3) is 0.111. The lowest BCUT2D eigenvalue weighted by atomic mass is 10.1. The van der Waals surface area contributed by atoms with Gasteiger partial charge in [-0.3, -0.25) is 4.98 Å². The first kappa shape index (κ1) is 14.2. The number of aromatic amines is 2. The van der Waals surface area contributed by atoms with Gasteiger partial charge in [-0.05, 0) is 23.8 Å². The number of H-pyrrole nitrogens is 2. The highest BCUT2D eigenvalue weighted by molar-refractivity contribution is 5.73. The number of benzene rings is 1. The predicted octanol–water partition coefficient (Wildman–Crippen LogP) is 2.73. The van der Waals surface area contributed by atoms with Gasteiger partial charge < -0.3 is 9.97 Å². The average molecular weight is 314 g/mol. The molecule has 0 aliphatic carbocycles. The summed E-state index contributed by atoms with van der Waals surface area (Å²) in [5.41, 5.74) is 4.63. The van der Waals surface area contributed by atoms with Gasteiger partial charge in [0.1, 0.15) is 11.6 Å². The number of imidazole rings is 2. The average Bonchev–Trinajstić information content (AvgIpc) is 3.22. The Bertz CT molecular complexity index is 987. The zero-order valence-corrected chi connectivity index (χ0v) is 12.8. The lowest BCUT2D eigenvalue weighted by Gasteiger charge is -1.98. The highest BCUT2D eigenvalue weighted by Crippen LogP contribution is 2.13. The lowest BCUT2D eigenvalue weighted by molar-refractivity contribution is 0.967. The molecular weight excluding hydrogens is 300 g/mol. The van der Waals surface area contributed by atoms with Crippen molar-refractivity contribution in [2.75, 3.05) is 0 Å². The van der Waals surface area contributed by atoms with Crippen LogP contribution in [0.1, 0.15) is 28.5 Å². The van der Waals surface area contributed by atoms with Gasteiger partial charge >= 0.3 is 0 Å². The molecule has 0 atom stereocenters. The van der Waals surface area contributed by atoms with E-state index in [0.29, 0.717) is 18.4 Å². The van der Waals surface area contributed by atoms with E-state index in [1.807, 2.05) is 36.5 Å². The zero-order chi connectivity index (χ0) is 16.4. The predicted molar refractivity (Wildman–Crippen MR) is 89.2 cm³/mol. The third-order valence-electron chi connectivity index (χ3n) is 3.83. The van der Waals surface area contributed by atoms with Crippen LogP contribution in [0.25, 0.3) is 11.0 Å². The van der Waals surface area contributed by atoms with Crippen LogP contribution < -0.4 is 0 Å². The Balaban J connectivity index is 1.48. The number of nitrogens with one attached hydrogen (secondary N) is 2. The molecule has 3 heterocycles. The summed E-state index contributed by atoms with van der Waals surface area (Å²) in [7, 11) is 0. The Hall–Kier alpha value is -3.46. The van der Waals surface area contributed by atoms with Crippen molar-refractivity contribution < 1.29 is 0 Å². The van der Waals surface area contributed by atoms with Crippen molar-refractivity contribution in [3.8, 4) is 6.07 Å². The van der Waals surface area contributed by atoms with Crippen LogP contribution in [0.2, 0.25) is 0 Å². The molecule has 4 aromatic rings. The molecule has 0 aliphatic rings. The largest absolute Gasteiger partial charge is 0.345 e.